The first-order valence-corrected chi connectivity index (χ1v) is 9.81. The summed E-state index contributed by atoms with van der Waals surface area (Å²) in [5.74, 6) is 0.742. The molecule has 0 atom stereocenters. The van der Waals surface area contributed by atoms with Crippen molar-refractivity contribution in [3.8, 4) is 23.1 Å². The number of nitriles is 1. The van der Waals surface area contributed by atoms with Crippen molar-refractivity contribution in [1.29, 1.82) is 5.26 Å². The van der Waals surface area contributed by atoms with Crippen LogP contribution >= 0.6 is 0 Å². The molecule has 0 bridgehead atoms. The zero-order valence-corrected chi connectivity index (χ0v) is 17.2. The maximum absolute atomic E-state index is 12.2. The van der Waals surface area contributed by atoms with E-state index in [2.05, 4.69) is 16.0 Å². The monoisotopic (exact) mass is 409 g/mol. The van der Waals surface area contributed by atoms with Gasteiger partial charge in [-0.1, -0.05) is 12.1 Å². The molecule has 2 aromatic carbocycles. The fourth-order valence-corrected chi connectivity index (χ4v) is 3.45. The van der Waals surface area contributed by atoms with Gasteiger partial charge in [-0.05, 0) is 45.0 Å². The van der Waals surface area contributed by atoms with Crippen LogP contribution in [0, 0.1) is 11.3 Å². The fourth-order valence-electron chi connectivity index (χ4n) is 3.45. The van der Waals surface area contributed by atoms with Crippen molar-refractivity contribution in [2.24, 2.45) is 0 Å². The van der Waals surface area contributed by atoms with Crippen LogP contribution in [0.25, 0.3) is 22.2 Å². The summed E-state index contributed by atoms with van der Waals surface area (Å²) in [6.07, 6.45) is -0.681. The minimum atomic E-state index is -0.738. The van der Waals surface area contributed by atoms with E-state index in [9.17, 15) is 14.4 Å². The van der Waals surface area contributed by atoms with E-state index < -0.39 is 12.8 Å². The normalized spacial score (nSPS) is 10.8. The molecular weight excluding hydrogens is 385 g/mol. The second kappa shape index (κ2) is 9.31. The van der Waals surface area contributed by atoms with Crippen molar-refractivity contribution in [3.05, 3.63) is 48.0 Å². The molecule has 0 saturated heterocycles. The molecule has 1 N–H and O–H groups in total. The molecule has 3 aromatic rings. The molecule has 30 heavy (non-hydrogen) atoms. The van der Waals surface area contributed by atoms with E-state index in [0.29, 0.717) is 17.8 Å². The van der Waals surface area contributed by atoms with E-state index in [1.807, 2.05) is 45.0 Å². The molecule has 0 fully saturated rings. The molecule has 1 aromatic heterocycles. The van der Waals surface area contributed by atoms with Gasteiger partial charge in [-0.25, -0.2) is 9.18 Å². The number of benzene rings is 2. The largest absolute Gasteiger partial charge is 0.491 e. The van der Waals surface area contributed by atoms with Gasteiger partial charge in [-0.15, -0.1) is 0 Å². The van der Waals surface area contributed by atoms with E-state index in [0.717, 1.165) is 27.9 Å². The number of anilines is 1. The van der Waals surface area contributed by atoms with Crippen LogP contribution in [0.2, 0.25) is 0 Å². The van der Waals surface area contributed by atoms with Crippen LogP contribution in [0.4, 0.5) is 14.9 Å². The van der Waals surface area contributed by atoms with Crippen molar-refractivity contribution in [1.82, 2.24) is 4.57 Å². The lowest BCUT2D eigenvalue weighted by Gasteiger charge is -2.12. The maximum Gasteiger partial charge on any atom is 0.411 e. The summed E-state index contributed by atoms with van der Waals surface area (Å²) in [4.78, 5) is 11.8. The number of ether oxygens (including phenoxy) is 2. The quantitative estimate of drug-likeness (QED) is 0.559. The standard InChI is InChI=1S/C23H24FN3O3/c1-4-27-21-13-18(30-15(2)3)8-9-19(21)20(14-25)22(27)16-6-5-7-17(12-16)26-23(28)29-11-10-24/h5-9,12-13,15H,4,10-11H2,1-3H3,(H,26,28). The van der Waals surface area contributed by atoms with Crippen LogP contribution in [0.3, 0.4) is 0 Å². The van der Waals surface area contributed by atoms with Crippen molar-refractivity contribution >= 4 is 22.7 Å². The Morgan fingerprint density at radius 1 is 1.27 bits per heavy atom. The maximum atomic E-state index is 12.2. The van der Waals surface area contributed by atoms with Gasteiger partial charge in [-0.2, -0.15) is 5.26 Å². The topological polar surface area (TPSA) is 76.3 Å². The van der Waals surface area contributed by atoms with Gasteiger partial charge in [0.15, 0.2) is 0 Å². The zero-order valence-electron chi connectivity index (χ0n) is 17.2. The lowest BCUT2D eigenvalue weighted by molar-refractivity contribution is 0.152. The Balaban J connectivity index is 2.08. The summed E-state index contributed by atoms with van der Waals surface area (Å²) in [5.41, 5.74) is 3.50. The Bertz CT molecular complexity index is 1100. The number of carbonyl (C=O) groups is 1. The number of aryl methyl sites for hydroxylation is 1. The number of hydrogen-bond donors (Lipinski definition) is 1. The lowest BCUT2D eigenvalue weighted by Crippen LogP contribution is -2.15. The van der Waals surface area contributed by atoms with E-state index in [4.69, 9.17) is 9.47 Å². The molecule has 0 aliphatic heterocycles. The van der Waals surface area contributed by atoms with E-state index >= 15 is 0 Å². The van der Waals surface area contributed by atoms with Crippen LogP contribution in [-0.2, 0) is 11.3 Å². The molecule has 3 rings (SSSR count). The average molecular weight is 409 g/mol. The van der Waals surface area contributed by atoms with Crippen LogP contribution in [-0.4, -0.2) is 30.0 Å². The number of nitrogens with one attached hydrogen (secondary N) is 1. The van der Waals surface area contributed by atoms with Gasteiger partial charge in [0.05, 0.1) is 22.9 Å². The van der Waals surface area contributed by atoms with Crippen molar-refractivity contribution in [2.75, 3.05) is 18.6 Å². The molecule has 156 valence electrons. The van der Waals surface area contributed by atoms with Gasteiger partial charge >= 0.3 is 6.09 Å². The first-order chi connectivity index (χ1) is 14.5. The highest BCUT2D eigenvalue weighted by Crippen LogP contribution is 2.36. The van der Waals surface area contributed by atoms with Gasteiger partial charge < -0.3 is 14.0 Å². The predicted molar refractivity (Wildman–Crippen MR) is 114 cm³/mol. The minimum Gasteiger partial charge on any atom is -0.491 e. The Kier molecular flexibility index (Phi) is 6.58. The van der Waals surface area contributed by atoms with Crippen molar-refractivity contribution in [2.45, 2.75) is 33.4 Å². The van der Waals surface area contributed by atoms with Gasteiger partial charge in [0.2, 0.25) is 0 Å². The van der Waals surface area contributed by atoms with Crippen LogP contribution in [0.1, 0.15) is 26.3 Å². The zero-order chi connectivity index (χ0) is 21.7. The molecule has 0 aliphatic rings. The second-order valence-corrected chi connectivity index (χ2v) is 6.96. The van der Waals surface area contributed by atoms with E-state index in [-0.39, 0.29) is 12.7 Å². The highest BCUT2D eigenvalue weighted by Gasteiger charge is 2.19. The van der Waals surface area contributed by atoms with Crippen LogP contribution < -0.4 is 10.1 Å². The number of aromatic nitrogens is 1. The van der Waals surface area contributed by atoms with Crippen molar-refractivity contribution in [3.63, 3.8) is 0 Å². The predicted octanol–water partition coefficient (Wildman–Crippen LogP) is 5.51. The van der Waals surface area contributed by atoms with Crippen LogP contribution in [0.15, 0.2) is 42.5 Å². The Morgan fingerprint density at radius 2 is 2.07 bits per heavy atom. The van der Waals surface area contributed by atoms with Gasteiger partial charge in [-0.3, -0.25) is 5.32 Å². The number of hydrogen-bond acceptors (Lipinski definition) is 4. The number of fused-ring (bicyclic) bond motifs is 1. The summed E-state index contributed by atoms with van der Waals surface area (Å²) in [6, 6.07) is 15.2. The third-order valence-electron chi connectivity index (χ3n) is 4.53. The molecular formula is C23H24FN3O3. The molecule has 0 radical (unpaired) electrons. The first kappa shape index (κ1) is 21.2. The highest BCUT2D eigenvalue weighted by atomic mass is 19.1. The number of halogens is 1. The number of nitrogens with zero attached hydrogens (tertiary/aromatic N) is 2. The summed E-state index contributed by atoms with van der Waals surface area (Å²) in [5, 5.41) is 13.3. The molecule has 0 saturated carbocycles. The molecule has 7 heteroatoms. The van der Waals surface area contributed by atoms with Gasteiger partial charge in [0.1, 0.15) is 25.1 Å². The molecule has 0 spiro atoms. The molecule has 1 amide bonds. The third kappa shape index (κ3) is 4.38. The van der Waals surface area contributed by atoms with E-state index in [1.165, 1.54) is 0 Å². The summed E-state index contributed by atoms with van der Waals surface area (Å²) >= 11 is 0. The molecule has 1 heterocycles. The Labute approximate surface area is 174 Å². The van der Waals surface area contributed by atoms with Crippen LogP contribution in [0.5, 0.6) is 5.75 Å². The van der Waals surface area contributed by atoms with Gasteiger partial charge in [0, 0.05) is 29.2 Å². The number of amides is 1. The fraction of sp³-hybridized carbons (Fsp3) is 0.304. The second-order valence-electron chi connectivity index (χ2n) is 6.96. The Hall–Kier alpha value is -3.53. The van der Waals surface area contributed by atoms with Crippen molar-refractivity contribution < 1.29 is 18.7 Å². The number of alkyl halides is 1. The molecule has 6 nitrogen and oxygen atoms in total. The summed E-state index contributed by atoms with van der Waals surface area (Å²) in [7, 11) is 0. The first-order valence-electron chi connectivity index (χ1n) is 9.81. The lowest BCUT2D eigenvalue weighted by atomic mass is 10.1. The molecule has 0 unspecified atom stereocenters. The number of carbonyl (C=O) groups excluding carboxylic acids is 1. The Morgan fingerprint density at radius 3 is 2.73 bits per heavy atom. The summed E-state index contributed by atoms with van der Waals surface area (Å²) < 4.78 is 24.8. The summed E-state index contributed by atoms with van der Waals surface area (Å²) in [6.45, 7) is 5.55. The third-order valence-corrected chi connectivity index (χ3v) is 4.53. The average Bonchev–Trinajstić information content (AvgIpc) is 3.04. The number of rotatable bonds is 7. The van der Waals surface area contributed by atoms with E-state index in [1.54, 1.807) is 18.2 Å². The highest BCUT2D eigenvalue weighted by molar-refractivity contribution is 5.96. The SMILES string of the molecule is CCn1c(-c2cccc(NC(=O)OCCF)c2)c(C#N)c2ccc(OC(C)C)cc21. The molecule has 0 aliphatic carbocycles. The van der Waals surface area contributed by atoms with Gasteiger partial charge in [0.25, 0.3) is 0 Å². The minimum absolute atomic E-state index is 0.0438. The smallest absolute Gasteiger partial charge is 0.411 e.